The molecule has 24 heavy (non-hydrogen) atoms. The molecule has 1 amide bonds. The molecular weight excluding hydrogens is 300 g/mol. The van der Waals surface area contributed by atoms with Gasteiger partial charge in [-0.15, -0.1) is 0 Å². The third-order valence-corrected chi connectivity index (χ3v) is 3.54. The summed E-state index contributed by atoms with van der Waals surface area (Å²) in [6.45, 7) is 2.66. The first-order valence-corrected chi connectivity index (χ1v) is 8.36. The van der Waals surface area contributed by atoms with Gasteiger partial charge in [0.05, 0.1) is 6.21 Å². The Kier molecular flexibility index (Phi) is 7.54. The third kappa shape index (κ3) is 6.65. The van der Waals surface area contributed by atoms with E-state index in [0.29, 0.717) is 13.0 Å². The zero-order valence-electron chi connectivity index (χ0n) is 14.1. The van der Waals surface area contributed by atoms with E-state index in [4.69, 9.17) is 4.74 Å². The lowest BCUT2D eigenvalue weighted by molar-refractivity contribution is -0.121. The van der Waals surface area contributed by atoms with Gasteiger partial charge in [-0.25, -0.2) is 5.43 Å². The van der Waals surface area contributed by atoms with Crippen LogP contribution in [0.3, 0.4) is 0 Å². The summed E-state index contributed by atoms with van der Waals surface area (Å²) in [7, 11) is 0. The van der Waals surface area contributed by atoms with Gasteiger partial charge in [-0.05, 0) is 41.8 Å². The van der Waals surface area contributed by atoms with Gasteiger partial charge >= 0.3 is 0 Å². The van der Waals surface area contributed by atoms with Crippen molar-refractivity contribution in [1.29, 1.82) is 0 Å². The second kappa shape index (κ2) is 10.2. The molecule has 0 aliphatic carbocycles. The Hall–Kier alpha value is -2.62. The van der Waals surface area contributed by atoms with E-state index in [2.05, 4.69) is 17.5 Å². The second-order valence-electron chi connectivity index (χ2n) is 5.59. The molecule has 0 unspecified atom stereocenters. The fourth-order valence-corrected chi connectivity index (χ4v) is 2.16. The lowest BCUT2D eigenvalue weighted by atomic mass is 10.2. The van der Waals surface area contributed by atoms with Crippen molar-refractivity contribution in [2.75, 3.05) is 0 Å². The number of unbranched alkanes of at least 4 members (excludes halogenated alkanes) is 2. The average molecular weight is 324 g/mol. The number of carbonyl (C=O) groups excluding carboxylic acids is 1. The minimum absolute atomic E-state index is 0.0393. The Morgan fingerprint density at radius 2 is 1.83 bits per heavy atom. The topological polar surface area (TPSA) is 50.7 Å². The van der Waals surface area contributed by atoms with Crippen molar-refractivity contribution in [1.82, 2.24) is 5.43 Å². The summed E-state index contributed by atoms with van der Waals surface area (Å²) in [6.07, 6.45) is 5.25. The Balaban J connectivity index is 1.75. The average Bonchev–Trinajstić information content (AvgIpc) is 2.62. The van der Waals surface area contributed by atoms with E-state index in [0.717, 1.165) is 36.1 Å². The van der Waals surface area contributed by atoms with Gasteiger partial charge in [0.15, 0.2) is 0 Å². The van der Waals surface area contributed by atoms with Crippen LogP contribution >= 0.6 is 0 Å². The zero-order chi connectivity index (χ0) is 17.0. The number of hydrogen-bond donors (Lipinski definition) is 1. The molecule has 0 aliphatic heterocycles. The summed E-state index contributed by atoms with van der Waals surface area (Å²) in [5.41, 5.74) is 4.60. The molecule has 0 heterocycles. The van der Waals surface area contributed by atoms with Crippen molar-refractivity contribution >= 4 is 12.1 Å². The standard InChI is InChI=1S/C20H24N2O2/c1-2-3-5-10-20(23)22-21-15-17-11-13-19(14-12-17)24-16-18-8-6-4-7-9-18/h4,6-9,11-15H,2-3,5,10,16H2,1H3,(H,22,23)/b21-15-. The smallest absolute Gasteiger partial charge is 0.240 e. The molecule has 0 saturated carbocycles. The molecule has 0 atom stereocenters. The van der Waals surface area contributed by atoms with Gasteiger partial charge in [0.1, 0.15) is 12.4 Å². The van der Waals surface area contributed by atoms with Crippen LogP contribution in [0.5, 0.6) is 5.75 Å². The first-order valence-electron chi connectivity index (χ1n) is 8.36. The molecule has 0 radical (unpaired) electrons. The highest BCUT2D eigenvalue weighted by atomic mass is 16.5. The molecule has 1 N–H and O–H groups in total. The van der Waals surface area contributed by atoms with Gasteiger partial charge in [-0.3, -0.25) is 4.79 Å². The Labute approximate surface area is 143 Å². The Morgan fingerprint density at radius 1 is 1.08 bits per heavy atom. The summed E-state index contributed by atoms with van der Waals surface area (Å²) in [5.74, 6) is 0.766. The number of ether oxygens (including phenoxy) is 1. The minimum atomic E-state index is -0.0393. The fraction of sp³-hybridized carbons (Fsp3) is 0.300. The molecule has 2 aromatic rings. The Morgan fingerprint density at radius 3 is 2.54 bits per heavy atom. The highest BCUT2D eigenvalue weighted by Crippen LogP contribution is 2.13. The third-order valence-electron chi connectivity index (χ3n) is 3.54. The minimum Gasteiger partial charge on any atom is -0.489 e. The van der Waals surface area contributed by atoms with Crippen molar-refractivity contribution in [2.24, 2.45) is 5.10 Å². The maximum absolute atomic E-state index is 11.5. The van der Waals surface area contributed by atoms with E-state index in [9.17, 15) is 4.79 Å². The van der Waals surface area contributed by atoms with Gasteiger partial charge in [0.25, 0.3) is 0 Å². The number of hydrogen-bond acceptors (Lipinski definition) is 3. The molecule has 126 valence electrons. The van der Waals surface area contributed by atoms with E-state index < -0.39 is 0 Å². The molecule has 4 nitrogen and oxygen atoms in total. The van der Waals surface area contributed by atoms with Crippen molar-refractivity contribution in [3.63, 3.8) is 0 Å². The van der Waals surface area contributed by atoms with Crippen LogP contribution in [0.1, 0.15) is 43.7 Å². The summed E-state index contributed by atoms with van der Waals surface area (Å²) in [6, 6.07) is 17.7. The fourth-order valence-electron chi connectivity index (χ4n) is 2.16. The highest BCUT2D eigenvalue weighted by Gasteiger charge is 1.98. The monoisotopic (exact) mass is 324 g/mol. The highest BCUT2D eigenvalue weighted by molar-refractivity contribution is 5.82. The first-order chi connectivity index (χ1) is 11.8. The zero-order valence-corrected chi connectivity index (χ0v) is 14.1. The van der Waals surface area contributed by atoms with Crippen LogP contribution in [0.2, 0.25) is 0 Å². The number of amides is 1. The van der Waals surface area contributed by atoms with Gasteiger partial charge in [0, 0.05) is 6.42 Å². The normalized spacial score (nSPS) is 10.7. The van der Waals surface area contributed by atoms with E-state index in [-0.39, 0.29) is 5.91 Å². The molecule has 2 rings (SSSR count). The number of benzene rings is 2. The van der Waals surface area contributed by atoms with Crippen LogP contribution < -0.4 is 10.2 Å². The lowest BCUT2D eigenvalue weighted by Crippen LogP contribution is -2.16. The van der Waals surface area contributed by atoms with Crippen LogP contribution in [-0.2, 0) is 11.4 Å². The SMILES string of the molecule is CCCCCC(=O)N/N=C\c1ccc(OCc2ccccc2)cc1. The molecule has 0 aliphatic rings. The number of carbonyl (C=O) groups is 1. The summed E-state index contributed by atoms with van der Waals surface area (Å²) in [5, 5.41) is 3.98. The Bertz CT molecular complexity index is 636. The largest absolute Gasteiger partial charge is 0.489 e. The predicted molar refractivity (Wildman–Crippen MR) is 97.1 cm³/mol. The molecule has 0 bridgehead atoms. The van der Waals surface area contributed by atoms with E-state index in [1.54, 1.807) is 6.21 Å². The van der Waals surface area contributed by atoms with E-state index in [1.165, 1.54) is 0 Å². The van der Waals surface area contributed by atoms with Crippen LogP contribution in [-0.4, -0.2) is 12.1 Å². The van der Waals surface area contributed by atoms with Crippen molar-refractivity contribution in [3.8, 4) is 5.75 Å². The number of rotatable bonds is 9. The summed E-state index contributed by atoms with van der Waals surface area (Å²) >= 11 is 0. The van der Waals surface area contributed by atoms with E-state index >= 15 is 0 Å². The molecule has 0 spiro atoms. The first kappa shape index (κ1) is 17.7. The van der Waals surface area contributed by atoms with Crippen molar-refractivity contribution in [3.05, 3.63) is 65.7 Å². The molecular formula is C20H24N2O2. The maximum atomic E-state index is 11.5. The number of nitrogens with one attached hydrogen (secondary N) is 1. The molecule has 2 aromatic carbocycles. The second-order valence-corrected chi connectivity index (χ2v) is 5.59. The molecule has 0 aromatic heterocycles. The van der Waals surface area contributed by atoms with E-state index in [1.807, 2.05) is 54.6 Å². The summed E-state index contributed by atoms with van der Waals surface area (Å²) < 4.78 is 5.73. The number of hydrazone groups is 1. The molecule has 0 fully saturated rings. The predicted octanol–water partition coefficient (Wildman–Crippen LogP) is 4.30. The number of nitrogens with zero attached hydrogens (tertiary/aromatic N) is 1. The van der Waals surface area contributed by atoms with Gasteiger partial charge < -0.3 is 4.74 Å². The molecule has 0 saturated heterocycles. The van der Waals surface area contributed by atoms with Crippen molar-refractivity contribution in [2.45, 2.75) is 39.2 Å². The van der Waals surface area contributed by atoms with Gasteiger partial charge in [0.2, 0.25) is 5.91 Å². The maximum Gasteiger partial charge on any atom is 0.240 e. The molecule has 4 heteroatoms. The van der Waals surface area contributed by atoms with Gasteiger partial charge in [-0.1, -0.05) is 50.1 Å². The van der Waals surface area contributed by atoms with Crippen molar-refractivity contribution < 1.29 is 9.53 Å². The quantitative estimate of drug-likeness (QED) is 0.425. The van der Waals surface area contributed by atoms with Crippen LogP contribution in [0.25, 0.3) is 0 Å². The van der Waals surface area contributed by atoms with Crippen LogP contribution in [0.15, 0.2) is 59.7 Å². The van der Waals surface area contributed by atoms with Crippen LogP contribution in [0, 0.1) is 0 Å². The lowest BCUT2D eigenvalue weighted by Gasteiger charge is -2.06. The summed E-state index contributed by atoms with van der Waals surface area (Å²) in [4.78, 5) is 11.5. The van der Waals surface area contributed by atoms with Gasteiger partial charge in [-0.2, -0.15) is 5.10 Å². The van der Waals surface area contributed by atoms with Crippen LogP contribution in [0.4, 0.5) is 0 Å².